The van der Waals surface area contributed by atoms with Crippen LogP contribution in [-0.2, 0) is 0 Å². The fraction of sp³-hybridized carbons (Fsp3) is 0.200. The molecule has 3 heteroatoms. The van der Waals surface area contributed by atoms with E-state index >= 15 is 0 Å². The van der Waals surface area contributed by atoms with Gasteiger partial charge in [-0.3, -0.25) is 0 Å². The van der Waals surface area contributed by atoms with E-state index in [4.69, 9.17) is 10.5 Å². The Hall–Kier alpha value is -1.84. The van der Waals surface area contributed by atoms with Crippen molar-refractivity contribution in [1.29, 1.82) is 10.5 Å². The maximum atomic E-state index is 8.73. The second-order valence-corrected chi connectivity index (χ2v) is 2.58. The highest BCUT2D eigenvalue weighted by atomic mass is 14.9. The summed E-state index contributed by atoms with van der Waals surface area (Å²) in [6, 6.07) is 10.8. The zero-order valence-corrected chi connectivity index (χ0v) is 7.28. The van der Waals surface area contributed by atoms with Crippen LogP contribution in [0.1, 0.15) is 17.2 Å². The number of hydrogen-bond acceptors (Lipinski definition) is 3. The molecule has 1 N–H and O–H groups in total. The second kappa shape index (κ2) is 4.25. The van der Waals surface area contributed by atoms with Crippen molar-refractivity contribution in [2.75, 3.05) is 7.05 Å². The van der Waals surface area contributed by atoms with Gasteiger partial charge in [-0.1, -0.05) is 12.1 Å². The van der Waals surface area contributed by atoms with E-state index in [1.54, 1.807) is 31.3 Å². The van der Waals surface area contributed by atoms with Crippen molar-refractivity contribution in [2.45, 2.75) is 6.04 Å². The first-order valence-corrected chi connectivity index (χ1v) is 3.88. The van der Waals surface area contributed by atoms with Crippen LogP contribution in [0.4, 0.5) is 0 Å². The average Bonchev–Trinajstić information content (AvgIpc) is 2.21. The Morgan fingerprint density at radius 3 is 2.23 bits per heavy atom. The van der Waals surface area contributed by atoms with Crippen molar-refractivity contribution < 1.29 is 0 Å². The third-order valence-corrected chi connectivity index (χ3v) is 1.79. The molecule has 0 heterocycles. The van der Waals surface area contributed by atoms with Gasteiger partial charge in [-0.2, -0.15) is 10.5 Å². The van der Waals surface area contributed by atoms with Gasteiger partial charge >= 0.3 is 0 Å². The lowest BCUT2D eigenvalue weighted by molar-refractivity contribution is 0.727. The Kier molecular flexibility index (Phi) is 3.03. The molecule has 0 saturated carbocycles. The quantitative estimate of drug-likeness (QED) is 0.730. The predicted octanol–water partition coefficient (Wildman–Crippen LogP) is 1.34. The molecule has 1 atom stereocenters. The lowest BCUT2D eigenvalue weighted by atomic mass is 10.1. The number of benzene rings is 1. The molecule has 0 spiro atoms. The summed E-state index contributed by atoms with van der Waals surface area (Å²) in [7, 11) is 1.73. The topological polar surface area (TPSA) is 59.6 Å². The third kappa shape index (κ3) is 2.05. The Morgan fingerprint density at radius 1 is 1.23 bits per heavy atom. The van der Waals surface area contributed by atoms with Crippen molar-refractivity contribution in [3.8, 4) is 12.1 Å². The van der Waals surface area contributed by atoms with Crippen LogP contribution in [0.5, 0.6) is 0 Å². The summed E-state index contributed by atoms with van der Waals surface area (Å²) in [5.41, 5.74) is 1.49. The minimum atomic E-state index is -0.298. The Morgan fingerprint density at radius 2 is 1.85 bits per heavy atom. The fourth-order valence-electron chi connectivity index (χ4n) is 1.06. The third-order valence-electron chi connectivity index (χ3n) is 1.79. The standard InChI is InChI=1S/C10H9N3/c1-13-10(7-12)9-4-2-8(6-11)3-5-9/h2-5,10,13H,1H3. The van der Waals surface area contributed by atoms with Gasteiger partial charge in [0.1, 0.15) is 6.04 Å². The van der Waals surface area contributed by atoms with Gasteiger partial charge in [0.15, 0.2) is 0 Å². The highest BCUT2D eigenvalue weighted by molar-refractivity contribution is 5.34. The monoisotopic (exact) mass is 171 g/mol. The number of rotatable bonds is 2. The SMILES string of the molecule is CNC(C#N)c1ccc(C#N)cc1. The van der Waals surface area contributed by atoms with E-state index in [9.17, 15) is 0 Å². The molecular weight excluding hydrogens is 162 g/mol. The fourth-order valence-corrected chi connectivity index (χ4v) is 1.06. The van der Waals surface area contributed by atoms with Gasteiger partial charge in [0.05, 0.1) is 17.7 Å². The summed E-state index contributed by atoms with van der Waals surface area (Å²) >= 11 is 0. The van der Waals surface area contributed by atoms with E-state index < -0.39 is 0 Å². The number of nitrogens with zero attached hydrogens (tertiary/aromatic N) is 2. The first-order valence-electron chi connectivity index (χ1n) is 3.88. The summed E-state index contributed by atoms with van der Waals surface area (Å²) in [6.45, 7) is 0. The van der Waals surface area contributed by atoms with E-state index in [-0.39, 0.29) is 6.04 Å². The molecule has 64 valence electrons. The molecule has 1 aromatic carbocycles. The van der Waals surface area contributed by atoms with E-state index in [2.05, 4.69) is 11.4 Å². The molecule has 0 radical (unpaired) electrons. The van der Waals surface area contributed by atoms with E-state index in [0.717, 1.165) is 5.56 Å². The van der Waals surface area contributed by atoms with Gasteiger partial charge in [-0.05, 0) is 24.7 Å². The molecule has 0 saturated heterocycles. The van der Waals surface area contributed by atoms with Crippen molar-refractivity contribution in [3.05, 3.63) is 35.4 Å². The number of nitriles is 2. The highest BCUT2D eigenvalue weighted by Crippen LogP contribution is 2.11. The van der Waals surface area contributed by atoms with Crippen molar-refractivity contribution in [2.24, 2.45) is 0 Å². The molecule has 0 amide bonds. The molecule has 0 aliphatic heterocycles. The second-order valence-electron chi connectivity index (χ2n) is 2.58. The van der Waals surface area contributed by atoms with Crippen LogP contribution >= 0.6 is 0 Å². The van der Waals surface area contributed by atoms with Crippen molar-refractivity contribution in [1.82, 2.24) is 5.32 Å². The Bertz CT molecular complexity index is 353. The zero-order chi connectivity index (χ0) is 9.68. The lowest BCUT2D eigenvalue weighted by Crippen LogP contribution is -2.13. The van der Waals surface area contributed by atoms with Crippen LogP contribution in [0.15, 0.2) is 24.3 Å². The molecule has 0 aromatic heterocycles. The molecule has 1 aromatic rings. The minimum absolute atomic E-state index is 0.298. The molecule has 1 rings (SSSR count). The van der Waals surface area contributed by atoms with Crippen molar-refractivity contribution in [3.63, 3.8) is 0 Å². The lowest BCUT2D eigenvalue weighted by Gasteiger charge is -2.06. The summed E-state index contributed by atoms with van der Waals surface area (Å²) in [6.07, 6.45) is 0. The molecule has 1 unspecified atom stereocenters. The number of nitrogens with one attached hydrogen (secondary N) is 1. The van der Waals surface area contributed by atoms with E-state index in [1.807, 2.05) is 6.07 Å². The Labute approximate surface area is 77.2 Å². The van der Waals surface area contributed by atoms with E-state index in [0.29, 0.717) is 5.56 Å². The minimum Gasteiger partial charge on any atom is -0.301 e. The maximum absolute atomic E-state index is 8.73. The van der Waals surface area contributed by atoms with Gasteiger partial charge in [-0.25, -0.2) is 0 Å². The summed E-state index contributed by atoms with van der Waals surface area (Å²) < 4.78 is 0. The smallest absolute Gasteiger partial charge is 0.121 e. The summed E-state index contributed by atoms with van der Waals surface area (Å²) in [4.78, 5) is 0. The van der Waals surface area contributed by atoms with Crippen molar-refractivity contribution >= 4 is 0 Å². The van der Waals surface area contributed by atoms with Crippen LogP contribution in [0.3, 0.4) is 0 Å². The molecule has 0 aliphatic rings. The van der Waals surface area contributed by atoms with Crippen LogP contribution in [0.2, 0.25) is 0 Å². The molecule has 13 heavy (non-hydrogen) atoms. The predicted molar refractivity (Wildman–Crippen MR) is 48.6 cm³/mol. The van der Waals surface area contributed by atoms with Crippen LogP contribution in [0.25, 0.3) is 0 Å². The van der Waals surface area contributed by atoms with Gasteiger partial charge in [-0.15, -0.1) is 0 Å². The summed E-state index contributed by atoms with van der Waals surface area (Å²) in [5, 5.41) is 20.1. The zero-order valence-electron chi connectivity index (χ0n) is 7.28. The molecule has 0 aliphatic carbocycles. The molecule has 0 fully saturated rings. The van der Waals surface area contributed by atoms with Gasteiger partial charge in [0, 0.05) is 0 Å². The average molecular weight is 171 g/mol. The van der Waals surface area contributed by atoms with Crippen LogP contribution in [-0.4, -0.2) is 7.05 Å². The molecule has 0 bridgehead atoms. The van der Waals surface area contributed by atoms with Gasteiger partial charge in [0.2, 0.25) is 0 Å². The van der Waals surface area contributed by atoms with E-state index in [1.165, 1.54) is 0 Å². The highest BCUT2D eigenvalue weighted by Gasteiger charge is 2.05. The first kappa shape index (κ1) is 9.25. The maximum Gasteiger partial charge on any atom is 0.121 e. The molecule has 3 nitrogen and oxygen atoms in total. The van der Waals surface area contributed by atoms with Gasteiger partial charge < -0.3 is 5.32 Å². The van der Waals surface area contributed by atoms with Gasteiger partial charge in [0.25, 0.3) is 0 Å². The first-order chi connectivity index (χ1) is 6.31. The molecular formula is C10H9N3. The van der Waals surface area contributed by atoms with Crippen LogP contribution in [0, 0.1) is 22.7 Å². The number of hydrogen-bond donors (Lipinski definition) is 1. The normalized spacial score (nSPS) is 11.3. The largest absolute Gasteiger partial charge is 0.301 e. The Balaban J connectivity index is 2.94. The van der Waals surface area contributed by atoms with Crippen LogP contribution < -0.4 is 5.32 Å². The summed E-state index contributed by atoms with van der Waals surface area (Å²) in [5.74, 6) is 0.